The average molecular weight is 290 g/mol. The van der Waals surface area contributed by atoms with Crippen molar-refractivity contribution in [2.24, 2.45) is 0 Å². The fraction of sp³-hybridized carbons (Fsp3) is 0.833. The maximum atomic E-state index is 12.0. The van der Waals surface area contributed by atoms with Gasteiger partial charge in [0.15, 0.2) is 0 Å². The Labute approximate surface area is 118 Å². The molecule has 0 radical (unpaired) electrons. The van der Waals surface area contributed by atoms with Gasteiger partial charge in [0.1, 0.15) is 0 Å². The highest BCUT2D eigenvalue weighted by molar-refractivity contribution is 5.76. The van der Waals surface area contributed by atoms with Crippen molar-refractivity contribution in [2.45, 2.75) is 12.5 Å². The lowest BCUT2D eigenvalue weighted by molar-refractivity contribution is -0.139. The molecule has 2 N–H and O–H groups in total. The van der Waals surface area contributed by atoms with E-state index in [9.17, 15) is 9.59 Å². The van der Waals surface area contributed by atoms with Crippen LogP contribution in [0.4, 0.5) is 4.79 Å². The zero-order valence-corrected chi connectivity index (χ0v) is 11.7. The highest BCUT2D eigenvalue weighted by Gasteiger charge is 2.28. The maximum Gasteiger partial charge on any atom is 0.317 e. The first kappa shape index (κ1) is 16.7. The predicted molar refractivity (Wildman–Crippen MR) is 69.7 cm³/mol. The molecule has 1 aliphatic rings. The molecule has 0 aromatic rings. The van der Waals surface area contributed by atoms with Crippen LogP contribution < -0.4 is 5.32 Å². The summed E-state index contributed by atoms with van der Waals surface area (Å²) in [7, 11) is 1.59. The monoisotopic (exact) mass is 290 g/mol. The van der Waals surface area contributed by atoms with Gasteiger partial charge in [-0.3, -0.25) is 4.79 Å². The van der Waals surface area contributed by atoms with Crippen LogP contribution >= 0.6 is 0 Å². The van der Waals surface area contributed by atoms with E-state index in [1.165, 1.54) is 4.90 Å². The van der Waals surface area contributed by atoms with Crippen molar-refractivity contribution in [2.75, 3.05) is 53.2 Å². The summed E-state index contributed by atoms with van der Waals surface area (Å²) in [6, 6.07) is -0.703. The summed E-state index contributed by atoms with van der Waals surface area (Å²) in [4.78, 5) is 24.2. The van der Waals surface area contributed by atoms with Crippen LogP contribution in [0.15, 0.2) is 0 Å². The van der Waals surface area contributed by atoms with E-state index in [2.05, 4.69) is 5.32 Å². The van der Waals surface area contributed by atoms with E-state index in [4.69, 9.17) is 19.3 Å². The number of amides is 2. The van der Waals surface area contributed by atoms with Crippen molar-refractivity contribution in [3.8, 4) is 0 Å². The normalized spacial score (nSPS) is 18.9. The van der Waals surface area contributed by atoms with Gasteiger partial charge in [0.2, 0.25) is 0 Å². The number of hydrogen-bond donors (Lipinski definition) is 2. The van der Waals surface area contributed by atoms with Crippen molar-refractivity contribution in [3.63, 3.8) is 0 Å². The van der Waals surface area contributed by atoms with Gasteiger partial charge in [-0.1, -0.05) is 0 Å². The van der Waals surface area contributed by atoms with E-state index in [1.807, 2.05) is 0 Å². The van der Waals surface area contributed by atoms with E-state index in [1.54, 1.807) is 7.11 Å². The van der Waals surface area contributed by atoms with Crippen LogP contribution in [0.2, 0.25) is 0 Å². The first-order chi connectivity index (χ1) is 9.65. The van der Waals surface area contributed by atoms with Crippen LogP contribution in [0.1, 0.15) is 6.42 Å². The quantitative estimate of drug-likeness (QED) is 0.587. The van der Waals surface area contributed by atoms with Gasteiger partial charge in [0.05, 0.1) is 45.5 Å². The number of carbonyl (C=O) groups excluding carboxylic acids is 1. The summed E-state index contributed by atoms with van der Waals surface area (Å²) in [5, 5.41) is 11.5. The smallest absolute Gasteiger partial charge is 0.317 e. The molecule has 0 bridgehead atoms. The Balaban J connectivity index is 2.26. The van der Waals surface area contributed by atoms with Gasteiger partial charge in [0.25, 0.3) is 0 Å². The Morgan fingerprint density at radius 1 is 1.40 bits per heavy atom. The molecular weight excluding hydrogens is 268 g/mol. The van der Waals surface area contributed by atoms with Gasteiger partial charge in [0, 0.05) is 20.2 Å². The lowest BCUT2D eigenvalue weighted by Gasteiger charge is -2.34. The molecule has 0 aliphatic carbocycles. The molecule has 1 atom stereocenters. The summed E-state index contributed by atoms with van der Waals surface area (Å²) < 4.78 is 15.3. The van der Waals surface area contributed by atoms with Crippen molar-refractivity contribution >= 4 is 12.0 Å². The summed E-state index contributed by atoms with van der Waals surface area (Å²) >= 11 is 0. The molecule has 1 saturated heterocycles. The summed E-state index contributed by atoms with van der Waals surface area (Å²) in [6.07, 6.45) is -0.113. The van der Waals surface area contributed by atoms with Crippen molar-refractivity contribution in [1.29, 1.82) is 0 Å². The number of carbonyl (C=O) groups is 2. The van der Waals surface area contributed by atoms with Gasteiger partial charge in [-0.15, -0.1) is 0 Å². The molecule has 0 spiro atoms. The van der Waals surface area contributed by atoms with E-state index in [0.29, 0.717) is 39.5 Å². The molecule has 0 saturated carbocycles. The Morgan fingerprint density at radius 3 is 2.90 bits per heavy atom. The average Bonchev–Trinajstić information content (AvgIpc) is 2.42. The molecule has 8 heteroatoms. The molecule has 8 nitrogen and oxygen atoms in total. The number of morpholine rings is 1. The molecule has 1 heterocycles. The molecule has 116 valence electrons. The number of urea groups is 1. The molecule has 0 aromatic heterocycles. The zero-order valence-electron chi connectivity index (χ0n) is 11.7. The van der Waals surface area contributed by atoms with Crippen LogP contribution in [-0.2, 0) is 19.0 Å². The third-order valence-electron chi connectivity index (χ3n) is 2.85. The van der Waals surface area contributed by atoms with Crippen LogP contribution in [0, 0.1) is 0 Å². The molecule has 0 aromatic carbocycles. The molecule has 1 fully saturated rings. The van der Waals surface area contributed by atoms with Gasteiger partial charge < -0.3 is 29.5 Å². The number of hydrogen-bond acceptors (Lipinski definition) is 5. The minimum atomic E-state index is -0.943. The largest absolute Gasteiger partial charge is 0.481 e. The van der Waals surface area contributed by atoms with Crippen LogP contribution in [0.25, 0.3) is 0 Å². The second kappa shape index (κ2) is 9.51. The number of nitrogens with one attached hydrogen (secondary N) is 1. The van der Waals surface area contributed by atoms with Gasteiger partial charge in [-0.2, -0.15) is 0 Å². The fourth-order valence-electron chi connectivity index (χ4n) is 1.87. The topological polar surface area (TPSA) is 97.3 Å². The number of carboxylic acid groups (broad SMARTS) is 1. The summed E-state index contributed by atoms with van der Waals surface area (Å²) in [5.41, 5.74) is 0. The number of carboxylic acids is 1. The maximum absolute atomic E-state index is 12.0. The van der Waals surface area contributed by atoms with Crippen LogP contribution in [-0.4, -0.2) is 81.3 Å². The fourth-order valence-corrected chi connectivity index (χ4v) is 1.87. The third-order valence-corrected chi connectivity index (χ3v) is 2.85. The molecule has 20 heavy (non-hydrogen) atoms. The van der Waals surface area contributed by atoms with E-state index in [0.717, 1.165) is 0 Å². The number of rotatable bonds is 8. The van der Waals surface area contributed by atoms with E-state index in [-0.39, 0.29) is 19.1 Å². The second-order valence-electron chi connectivity index (χ2n) is 4.36. The number of nitrogens with zero attached hydrogens (tertiary/aromatic N) is 1. The van der Waals surface area contributed by atoms with Crippen LogP contribution in [0.3, 0.4) is 0 Å². The lowest BCUT2D eigenvalue weighted by Crippen LogP contribution is -2.53. The first-order valence-electron chi connectivity index (χ1n) is 6.56. The zero-order chi connectivity index (χ0) is 14.8. The standard InChI is InChI=1S/C12H22N2O6/c1-18-6-7-19-4-2-13-12(17)14-3-5-20-9-10(14)8-11(15)16/h10H,2-9H2,1H3,(H,13,17)(H,15,16). The molecule has 1 aliphatic heterocycles. The lowest BCUT2D eigenvalue weighted by atomic mass is 10.1. The minimum Gasteiger partial charge on any atom is -0.481 e. The van der Waals surface area contributed by atoms with Crippen molar-refractivity contribution < 1.29 is 28.9 Å². The highest BCUT2D eigenvalue weighted by Crippen LogP contribution is 2.10. The molecule has 1 unspecified atom stereocenters. The van der Waals surface area contributed by atoms with Gasteiger partial charge in [-0.05, 0) is 0 Å². The Morgan fingerprint density at radius 2 is 2.20 bits per heavy atom. The Hall–Kier alpha value is -1.38. The van der Waals surface area contributed by atoms with Crippen molar-refractivity contribution in [1.82, 2.24) is 10.2 Å². The van der Waals surface area contributed by atoms with Gasteiger partial charge in [-0.25, -0.2) is 4.79 Å². The van der Waals surface area contributed by atoms with E-state index >= 15 is 0 Å². The number of ether oxygens (including phenoxy) is 3. The summed E-state index contributed by atoms with van der Waals surface area (Å²) in [5.74, 6) is -0.943. The minimum absolute atomic E-state index is 0.113. The van der Waals surface area contributed by atoms with E-state index < -0.39 is 12.0 Å². The SMILES string of the molecule is COCCOCCNC(=O)N1CCOCC1CC(=O)O. The van der Waals surface area contributed by atoms with Gasteiger partial charge >= 0.3 is 12.0 Å². The predicted octanol–water partition coefficient (Wildman–Crippen LogP) is -0.465. The summed E-state index contributed by atoms with van der Waals surface area (Å²) in [6.45, 7) is 2.83. The first-order valence-corrected chi connectivity index (χ1v) is 6.56. The Bertz CT molecular complexity index is 312. The molecule has 2 amide bonds. The third kappa shape index (κ3) is 6.18. The molecular formula is C12H22N2O6. The second-order valence-corrected chi connectivity index (χ2v) is 4.36. The van der Waals surface area contributed by atoms with Crippen LogP contribution in [0.5, 0.6) is 0 Å². The number of methoxy groups -OCH3 is 1. The van der Waals surface area contributed by atoms with Crippen molar-refractivity contribution in [3.05, 3.63) is 0 Å². The highest BCUT2D eigenvalue weighted by atomic mass is 16.5. The molecule has 1 rings (SSSR count). The number of aliphatic carboxylic acids is 1. The Kier molecular flexibility index (Phi) is 7.93.